The normalized spacial score (nSPS) is 12.9. The fourth-order valence-electron chi connectivity index (χ4n) is 9.19. The van der Waals surface area contributed by atoms with Gasteiger partial charge in [0.2, 0.25) is 0 Å². The summed E-state index contributed by atoms with van der Waals surface area (Å²) in [5, 5.41) is 12.0. The SMILES string of the molecule is C=Cc1ccc(C2(c3cc(C)ccc3C)c3cc(Nc4ccc5c(c4)oc4ccccc45)ccc3-c3ccc(Nc4ccc5c(c4)oc4ccccc45)cc32)cc1. The Bertz CT molecular complexity index is 3070. The molecule has 0 radical (unpaired) electrons. The first-order chi connectivity index (χ1) is 28.0. The average molecular weight is 735 g/mol. The van der Waals surface area contributed by atoms with E-state index in [9.17, 15) is 0 Å². The molecule has 10 aromatic rings. The molecule has 8 aromatic carbocycles. The Labute approximate surface area is 330 Å². The molecule has 0 bridgehead atoms. The van der Waals surface area contributed by atoms with Crippen LogP contribution in [0.25, 0.3) is 61.1 Å². The van der Waals surface area contributed by atoms with Crippen molar-refractivity contribution in [2.24, 2.45) is 0 Å². The summed E-state index contributed by atoms with van der Waals surface area (Å²) in [4.78, 5) is 0. The van der Waals surface area contributed by atoms with E-state index in [2.05, 4.69) is 171 Å². The third-order valence-corrected chi connectivity index (χ3v) is 11.8. The fourth-order valence-corrected chi connectivity index (χ4v) is 9.19. The molecule has 0 fully saturated rings. The van der Waals surface area contributed by atoms with Crippen LogP contribution in [0.2, 0.25) is 0 Å². The zero-order valence-electron chi connectivity index (χ0n) is 31.7. The van der Waals surface area contributed by atoms with Gasteiger partial charge in [0, 0.05) is 56.4 Å². The lowest BCUT2D eigenvalue weighted by atomic mass is 9.66. The van der Waals surface area contributed by atoms with Crippen molar-refractivity contribution in [1.82, 2.24) is 0 Å². The van der Waals surface area contributed by atoms with Gasteiger partial charge in [0.05, 0.1) is 5.41 Å². The summed E-state index contributed by atoms with van der Waals surface area (Å²) in [7, 11) is 0. The summed E-state index contributed by atoms with van der Waals surface area (Å²) in [6.07, 6.45) is 1.91. The van der Waals surface area contributed by atoms with Crippen molar-refractivity contribution in [3.05, 3.63) is 209 Å². The second-order valence-electron chi connectivity index (χ2n) is 15.3. The number of nitrogens with one attached hydrogen (secondary N) is 2. The highest BCUT2D eigenvalue weighted by Crippen LogP contribution is 2.58. The molecule has 57 heavy (non-hydrogen) atoms. The number of para-hydroxylation sites is 2. The first-order valence-electron chi connectivity index (χ1n) is 19.4. The maximum Gasteiger partial charge on any atom is 0.137 e. The minimum Gasteiger partial charge on any atom is -0.456 e. The predicted molar refractivity (Wildman–Crippen MR) is 237 cm³/mol. The second-order valence-corrected chi connectivity index (χ2v) is 15.3. The van der Waals surface area contributed by atoms with E-state index < -0.39 is 5.41 Å². The smallest absolute Gasteiger partial charge is 0.137 e. The van der Waals surface area contributed by atoms with E-state index in [1.165, 1.54) is 44.5 Å². The summed E-state index contributed by atoms with van der Waals surface area (Å²) in [6.45, 7) is 8.49. The highest BCUT2D eigenvalue weighted by molar-refractivity contribution is 6.07. The minimum atomic E-state index is -0.624. The molecule has 1 aliphatic rings. The van der Waals surface area contributed by atoms with Crippen LogP contribution in [-0.2, 0) is 5.41 Å². The Balaban J connectivity index is 1.09. The molecule has 0 saturated carbocycles. The summed E-state index contributed by atoms with van der Waals surface area (Å²) in [6, 6.07) is 58.6. The number of hydrogen-bond acceptors (Lipinski definition) is 4. The minimum absolute atomic E-state index is 0.624. The van der Waals surface area contributed by atoms with Crippen LogP contribution >= 0.6 is 0 Å². The van der Waals surface area contributed by atoms with Crippen molar-refractivity contribution in [2.45, 2.75) is 19.3 Å². The van der Waals surface area contributed by atoms with Crippen LogP contribution < -0.4 is 10.6 Å². The van der Waals surface area contributed by atoms with Crippen LogP contribution in [-0.4, -0.2) is 0 Å². The molecular formula is C53H38N2O2. The molecule has 0 spiro atoms. The predicted octanol–water partition coefficient (Wildman–Crippen LogP) is 14.6. The monoisotopic (exact) mass is 734 g/mol. The maximum atomic E-state index is 6.27. The van der Waals surface area contributed by atoms with Gasteiger partial charge < -0.3 is 19.5 Å². The van der Waals surface area contributed by atoms with Crippen molar-refractivity contribution in [1.29, 1.82) is 0 Å². The van der Waals surface area contributed by atoms with E-state index in [1.54, 1.807) is 0 Å². The molecular weight excluding hydrogens is 697 g/mol. The fraction of sp³-hybridized carbons (Fsp3) is 0.0566. The van der Waals surface area contributed by atoms with Crippen LogP contribution in [0.5, 0.6) is 0 Å². The summed E-state index contributed by atoms with van der Waals surface area (Å²) in [5.41, 5.74) is 17.7. The molecule has 11 rings (SSSR count). The zero-order chi connectivity index (χ0) is 38.3. The second kappa shape index (κ2) is 12.6. The number of hydrogen-bond donors (Lipinski definition) is 2. The van der Waals surface area contributed by atoms with E-state index in [1.807, 2.05) is 30.3 Å². The molecule has 2 heterocycles. The van der Waals surface area contributed by atoms with Gasteiger partial charge in [-0.2, -0.15) is 0 Å². The van der Waals surface area contributed by atoms with Crippen LogP contribution in [0, 0.1) is 13.8 Å². The number of rotatable bonds is 7. The van der Waals surface area contributed by atoms with E-state index in [0.29, 0.717) is 0 Å². The Morgan fingerprint density at radius 2 is 0.947 bits per heavy atom. The van der Waals surface area contributed by atoms with Gasteiger partial charge in [0.15, 0.2) is 0 Å². The van der Waals surface area contributed by atoms with Crippen molar-refractivity contribution in [2.75, 3.05) is 10.6 Å². The van der Waals surface area contributed by atoms with Gasteiger partial charge in [-0.25, -0.2) is 0 Å². The Morgan fingerprint density at radius 1 is 0.456 bits per heavy atom. The molecule has 1 aliphatic carbocycles. The molecule has 2 N–H and O–H groups in total. The Hall–Kier alpha value is -7.30. The molecule has 4 heteroatoms. The zero-order valence-corrected chi connectivity index (χ0v) is 31.7. The molecule has 0 unspecified atom stereocenters. The first kappa shape index (κ1) is 33.1. The molecule has 0 aliphatic heterocycles. The van der Waals surface area contributed by atoms with Gasteiger partial charge in [-0.1, -0.05) is 109 Å². The van der Waals surface area contributed by atoms with Crippen LogP contribution in [0.1, 0.15) is 38.9 Å². The molecule has 0 atom stereocenters. The number of anilines is 4. The molecule has 0 amide bonds. The van der Waals surface area contributed by atoms with Crippen LogP contribution in [0.4, 0.5) is 22.7 Å². The van der Waals surface area contributed by atoms with Gasteiger partial charge >= 0.3 is 0 Å². The lowest BCUT2D eigenvalue weighted by molar-refractivity contribution is 0.668. The van der Waals surface area contributed by atoms with E-state index in [0.717, 1.165) is 72.2 Å². The van der Waals surface area contributed by atoms with Gasteiger partial charge in [-0.3, -0.25) is 0 Å². The van der Waals surface area contributed by atoms with Crippen LogP contribution in [0.15, 0.2) is 179 Å². The third kappa shape index (κ3) is 5.14. The maximum absolute atomic E-state index is 6.27. The molecule has 4 nitrogen and oxygen atoms in total. The van der Waals surface area contributed by atoms with Crippen molar-refractivity contribution >= 4 is 72.7 Å². The number of benzene rings is 8. The molecule has 272 valence electrons. The lowest BCUT2D eigenvalue weighted by Gasteiger charge is -2.36. The topological polar surface area (TPSA) is 50.3 Å². The van der Waals surface area contributed by atoms with Crippen molar-refractivity contribution in [3.8, 4) is 11.1 Å². The van der Waals surface area contributed by atoms with E-state index in [-0.39, 0.29) is 0 Å². The number of aryl methyl sites for hydroxylation is 2. The lowest BCUT2D eigenvalue weighted by Crippen LogP contribution is -2.30. The third-order valence-electron chi connectivity index (χ3n) is 11.8. The van der Waals surface area contributed by atoms with E-state index >= 15 is 0 Å². The molecule has 0 saturated heterocycles. The largest absolute Gasteiger partial charge is 0.456 e. The Kier molecular flexibility index (Phi) is 7.32. The quantitative estimate of drug-likeness (QED) is 0.171. The van der Waals surface area contributed by atoms with Gasteiger partial charge in [-0.15, -0.1) is 0 Å². The Morgan fingerprint density at radius 3 is 1.49 bits per heavy atom. The standard InChI is InChI=1S/C53H38N2O2/c1-4-34-15-17-35(18-16-34)53(46-27-32(2)13-14-33(46)3)47-28-36(54-38-21-25-44-42-9-5-7-11-49(42)56-51(44)30-38)19-23-40(47)41-24-20-37(29-48(41)53)55-39-22-26-45-43-10-6-8-12-50(43)57-52(45)31-39/h4-31,54-55H,1H2,2-3H3. The summed E-state index contributed by atoms with van der Waals surface area (Å²) < 4.78 is 12.5. The number of furan rings is 2. The summed E-state index contributed by atoms with van der Waals surface area (Å²) >= 11 is 0. The average Bonchev–Trinajstić information content (AvgIpc) is 3.89. The first-order valence-corrected chi connectivity index (χ1v) is 19.4. The molecule has 2 aromatic heterocycles. The van der Waals surface area contributed by atoms with Crippen molar-refractivity contribution in [3.63, 3.8) is 0 Å². The van der Waals surface area contributed by atoms with E-state index in [4.69, 9.17) is 8.83 Å². The van der Waals surface area contributed by atoms with Gasteiger partial charge in [-0.05, 0) is 119 Å². The number of fused-ring (bicyclic) bond motifs is 9. The summed E-state index contributed by atoms with van der Waals surface area (Å²) in [5.74, 6) is 0. The van der Waals surface area contributed by atoms with Gasteiger partial charge in [0.25, 0.3) is 0 Å². The highest BCUT2D eigenvalue weighted by atomic mass is 16.3. The van der Waals surface area contributed by atoms with Gasteiger partial charge in [0.1, 0.15) is 22.3 Å². The van der Waals surface area contributed by atoms with Crippen LogP contribution in [0.3, 0.4) is 0 Å². The van der Waals surface area contributed by atoms with Crippen molar-refractivity contribution < 1.29 is 8.83 Å². The highest BCUT2D eigenvalue weighted by Gasteiger charge is 2.47.